The molecule has 1 aromatic carbocycles. The van der Waals surface area contributed by atoms with Crippen molar-refractivity contribution in [2.75, 3.05) is 13.1 Å². The fourth-order valence-electron chi connectivity index (χ4n) is 4.63. The van der Waals surface area contributed by atoms with Crippen molar-refractivity contribution >= 4 is 17.8 Å². The SMILES string of the molecule is Cc1cc(Cc2ccccc2C)cc([C@@H]2CCCN2C(=O)CN2C(=O)NC(C)(C)C2=O)n1. The van der Waals surface area contributed by atoms with Gasteiger partial charge in [-0.25, -0.2) is 4.79 Å². The molecule has 0 saturated carbocycles. The predicted octanol–water partition coefficient (Wildman–Crippen LogP) is 3.28. The topological polar surface area (TPSA) is 82.6 Å². The molecule has 32 heavy (non-hydrogen) atoms. The summed E-state index contributed by atoms with van der Waals surface area (Å²) in [4.78, 5) is 45.3. The van der Waals surface area contributed by atoms with E-state index in [1.54, 1.807) is 18.7 Å². The Hall–Kier alpha value is -3.22. The molecule has 2 fully saturated rings. The molecule has 0 radical (unpaired) electrons. The van der Waals surface area contributed by atoms with Gasteiger partial charge in [0.05, 0.1) is 11.7 Å². The van der Waals surface area contributed by atoms with Gasteiger partial charge in [0.2, 0.25) is 5.91 Å². The summed E-state index contributed by atoms with van der Waals surface area (Å²) >= 11 is 0. The van der Waals surface area contributed by atoms with Gasteiger partial charge >= 0.3 is 6.03 Å². The zero-order valence-electron chi connectivity index (χ0n) is 19.1. The standard InChI is InChI=1S/C25H30N4O3/c1-16-8-5-6-9-19(16)13-18-12-17(2)26-20(14-18)21-10-7-11-28(21)22(30)15-29-23(31)25(3,4)27-24(29)32/h5-6,8-9,12,14,21H,7,10-11,13,15H2,1-4H3,(H,27,32)/t21-/m0/s1. The van der Waals surface area contributed by atoms with Gasteiger partial charge in [0, 0.05) is 12.2 Å². The Balaban J connectivity index is 1.54. The molecule has 1 atom stereocenters. The van der Waals surface area contributed by atoms with Gasteiger partial charge in [-0.2, -0.15) is 0 Å². The first-order chi connectivity index (χ1) is 15.2. The lowest BCUT2D eigenvalue weighted by Crippen LogP contribution is -2.44. The number of rotatable bonds is 5. The molecule has 7 heteroatoms. The molecular formula is C25H30N4O3. The lowest BCUT2D eigenvalue weighted by Gasteiger charge is -2.26. The number of carbonyl (C=O) groups is 3. The highest BCUT2D eigenvalue weighted by atomic mass is 16.2. The van der Waals surface area contributed by atoms with Crippen molar-refractivity contribution in [3.8, 4) is 0 Å². The van der Waals surface area contributed by atoms with Gasteiger partial charge in [0.25, 0.3) is 5.91 Å². The quantitative estimate of drug-likeness (QED) is 0.732. The summed E-state index contributed by atoms with van der Waals surface area (Å²) in [6, 6.07) is 11.8. The highest BCUT2D eigenvalue weighted by Gasteiger charge is 2.46. The maximum atomic E-state index is 13.1. The first-order valence-corrected chi connectivity index (χ1v) is 11.1. The van der Waals surface area contributed by atoms with Crippen molar-refractivity contribution in [3.05, 3.63) is 64.5 Å². The Bertz CT molecular complexity index is 1080. The van der Waals surface area contributed by atoms with Crippen LogP contribution in [-0.4, -0.2) is 51.3 Å². The Labute approximate surface area is 188 Å². The maximum Gasteiger partial charge on any atom is 0.325 e. The van der Waals surface area contributed by atoms with Crippen LogP contribution >= 0.6 is 0 Å². The van der Waals surface area contributed by atoms with Crippen LogP contribution in [0.4, 0.5) is 4.79 Å². The predicted molar refractivity (Wildman–Crippen MR) is 121 cm³/mol. The molecule has 1 N–H and O–H groups in total. The van der Waals surface area contributed by atoms with E-state index in [1.807, 2.05) is 19.1 Å². The van der Waals surface area contributed by atoms with Crippen LogP contribution < -0.4 is 5.32 Å². The highest BCUT2D eigenvalue weighted by Crippen LogP contribution is 2.32. The summed E-state index contributed by atoms with van der Waals surface area (Å²) in [5.74, 6) is -0.599. The average molecular weight is 435 g/mol. The summed E-state index contributed by atoms with van der Waals surface area (Å²) < 4.78 is 0. The molecule has 0 aliphatic carbocycles. The van der Waals surface area contributed by atoms with E-state index in [1.165, 1.54) is 11.1 Å². The Morgan fingerprint density at radius 1 is 1.19 bits per heavy atom. The fourth-order valence-corrected chi connectivity index (χ4v) is 4.63. The van der Waals surface area contributed by atoms with Gasteiger partial charge in [0.15, 0.2) is 0 Å². The number of urea groups is 1. The molecule has 3 heterocycles. The van der Waals surface area contributed by atoms with E-state index >= 15 is 0 Å². The second-order valence-electron chi connectivity index (χ2n) is 9.34. The van der Waals surface area contributed by atoms with Gasteiger partial charge in [0.1, 0.15) is 12.1 Å². The van der Waals surface area contributed by atoms with Gasteiger partial charge in [-0.3, -0.25) is 19.5 Å². The van der Waals surface area contributed by atoms with E-state index in [4.69, 9.17) is 4.98 Å². The zero-order valence-corrected chi connectivity index (χ0v) is 19.1. The van der Waals surface area contributed by atoms with Gasteiger partial charge in [-0.05, 0) is 75.8 Å². The van der Waals surface area contributed by atoms with E-state index in [-0.39, 0.29) is 24.4 Å². The van der Waals surface area contributed by atoms with Crippen LogP contribution in [0.15, 0.2) is 36.4 Å². The molecule has 168 valence electrons. The van der Waals surface area contributed by atoms with Crippen LogP contribution in [0.25, 0.3) is 0 Å². The number of nitrogens with zero attached hydrogens (tertiary/aromatic N) is 3. The minimum Gasteiger partial charge on any atom is -0.333 e. The van der Waals surface area contributed by atoms with Crippen LogP contribution in [0.1, 0.15) is 60.8 Å². The lowest BCUT2D eigenvalue weighted by atomic mass is 9.98. The number of hydrogen-bond donors (Lipinski definition) is 1. The molecule has 2 aromatic rings. The first kappa shape index (κ1) is 22.0. The third-order valence-electron chi connectivity index (χ3n) is 6.34. The number of carbonyl (C=O) groups excluding carboxylic acids is 3. The number of amides is 4. The number of hydrogen-bond acceptors (Lipinski definition) is 4. The van der Waals surface area contributed by atoms with Crippen molar-refractivity contribution in [1.29, 1.82) is 0 Å². The number of nitrogens with one attached hydrogen (secondary N) is 1. The summed E-state index contributed by atoms with van der Waals surface area (Å²) in [6.45, 7) is 7.72. The van der Waals surface area contributed by atoms with Crippen molar-refractivity contribution in [1.82, 2.24) is 20.1 Å². The van der Waals surface area contributed by atoms with Gasteiger partial charge in [-0.15, -0.1) is 0 Å². The molecule has 2 aliphatic heterocycles. The molecule has 0 spiro atoms. The number of aryl methyl sites for hydroxylation is 2. The minimum atomic E-state index is -0.982. The Morgan fingerprint density at radius 2 is 1.94 bits per heavy atom. The van der Waals surface area contributed by atoms with Crippen LogP contribution in [0.3, 0.4) is 0 Å². The summed E-state index contributed by atoms with van der Waals surface area (Å²) in [7, 11) is 0. The van der Waals surface area contributed by atoms with E-state index < -0.39 is 11.6 Å². The van der Waals surface area contributed by atoms with Gasteiger partial charge < -0.3 is 10.2 Å². The van der Waals surface area contributed by atoms with Crippen LogP contribution in [0.5, 0.6) is 0 Å². The molecule has 4 rings (SSSR count). The highest BCUT2D eigenvalue weighted by molar-refractivity contribution is 6.08. The van der Waals surface area contributed by atoms with Gasteiger partial charge in [-0.1, -0.05) is 24.3 Å². The van der Waals surface area contributed by atoms with Crippen molar-refractivity contribution in [2.24, 2.45) is 0 Å². The molecule has 1 aromatic heterocycles. The summed E-state index contributed by atoms with van der Waals surface area (Å²) in [5.41, 5.74) is 4.49. The third-order valence-corrected chi connectivity index (χ3v) is 6.34. The number of aromatic nitrogens is 1. The maximum absolute atomic E-state index is 13.1. The van der Waals surface area contributed by atoms with Crippen LogP contribution in [0.2, 0.25) is 0 Å². The average Bonchev–Trinajstić information content (AvgIpc) is 3.28. The van der Waals surface area contributed by atoms with Crippen molar-refractivity contribution < 1.29 is 14.4 Å². The molecule has 7 nitrogen and oxygen atoms in total. The van der Waals surface area contributed by atoms with Crippen LogP contribution in [-0.2, 0) is 16.0 Å². The van der Waals surface area contributed by atoms with E-state index in [0.717, 1.165) is 41.1 Å². The monoisotopic (exact) mass is 434 g/mol. The number of imide groups is 1. The van der Waals surface area contributed by atoms with Crippen LogP contribution in [0, 0.1) is 13.8 Å². The second-order valence-corrected chi connectivity index (χ2v) is 9.34. The lowest BCUT2D eigenvalue weighted by molar-refractivity contribution is -0.139. The minimum absolute atomic E-state index is 0.146. The molecule has 0 bridgehead atoms. The molecule has 0 unspecified atom stereocenters. The summed E-state index contributed by atoms with van der Waals surface area (Å²) in [5, 5.41) is 2.63. The zero-order chi connectivity index (χ0) is 23.0. The Kier molecular flexibility index (Phi) is 5.75. The fraction of sp³-hybridized carbons (Fsp3) is 0.440. The van der Waals surface area contributed by atoms with E-state index in [9.17, 15) is 14.4 Å². The largest absolute Gasteiger partial charge is 0.333 e. The molecule has 2 aliphatic rings. The smallest absolute Gasteiger partial charge is 0.325 e. The van der Waals surface area contributed by atoms with E-state index in [2.05, 4.69) is 36.5 Å². The van der Waals surface area contributed by atoms with E-state index in [0.29, 0.717) is 6.54 Å². The second kappa shape index (κ2) is 8.37. The normalized spacial score (nSPS) is 20.1. The number of likely N-dealkylation sites (tertiary alicyclic amines) is 1. The number of pyridine rings is 1. The number of benzene rings is 1. The molecular weight excluding hydrogens is 404 g/mol. The van der Waals surface area contributed by atoms with Crippen molar-refractivity contribution in [2.45, 2.75) is 58.5 Å². The first-order valence-electron chi connectivity index (χ1n) is 11.1. The summed E-state index contributed by atoms with van der Waals surface area (Å²) in [6.07, 6.45) is 2.49. The van der Waals surface area contributed by atoms with Crippen molar-refractivity contribution in [3.63, 3.8) is 0 Å². The molecule has 2 saturated heterocycles. The third kappa shape index (κ3) is 4.24. The molecule has 4 amide bonds. The Morgan fingerprint density at radius 3 is 2.62 bits per heavy atom.